The van der Waals surface area contributed by atoms with Crippen LogP contribution in [0.2, 0.25) is 0 Å². The van der Waals surface area contributed by atoms with Gasteiger partial charge >= 0.3 is 6.18 Å². The monoisotopic (exact) mass is 313 g/mol. The molecule has 8 heteroatoms. The molecule has 1 heterocycles. The maximum atomic E-state index is 12.8. The predicted octanol–water partition coefficient (Wildman–Crippen LogP) is 3.14. The Bertz CT molecular complexity index is 680. The van der Waals surface area contributed by atoms with Gasteiger partial charge in [-0.1, -0.05) is 11.2 Å². The summed E-state index contributed by atoms with van der Waals surface area (Å²) in [5, 5.41) is 6.41. The number of nitrogens with zero attached hydrogens (tertiary/aromatic N) is 2. The molecule has 1 N–H and O–H groups in total. The number of ketones is 1. The lowest BCUT2D eigenvalue weighted by Crippen LogP contribution is -2.10. The second-order valence-electron chi connectivity index (χ2n) is 4.84. The molecule has 1 aromatic heterocycles. The van der Waals surface area contributed by atoms with Crippen LogP contribution < -0.4 is 5.32 Å². The molecule has 0 fully saturated rings. The molecule has 0 radical (unpaired) electrons. The van der Waals surface area contributed by atoms with E-state index in [2.05, 4.69) is 15.5 Å². The molecule has 118 valence electrons. The highest BCUT2D eigenvalue weighted by molar-refractivity contribution is 5.80. The van der Waals surface area contributed by atoms with Gasteiger partial charge in [-0.25, -0.2) is 0 Å². The van der Waals surface area contributed by atoms with Crippen LogP contribution >= 0.6 is 0 Å². The molecule has 0 unspecified atom stereocenters. The molecule has 0 atom stereocenters. The van der Waals surface area contributed by atoms with Crippen molar-refractivity contribution in [2.24, 2.45) is 0 Å². The van der Waals surface area contributed by atoms with Crippen molar-refractivity contribution < 1.29 is 22.5 Å². The minimum Gasteiger partial charge on any atom is -0.376 e. The minimum atomic E-state index is -4.45. The van der Waals surface area contributed by atoms with E-state index in [-0.39, 0.29) is 30.3 Å². The van der Waals surface area contributed by atoms with Crippen LogP contribution in [0.25, 0.3) is 0 Å². The fourth-order valence-corrected chi connectivity index (χ4v) is 1.92. The van der Waals surface area contributed by atoms with Gasteiger partial charge in [0.25, 0.3) is 0 Å². The van der Waals surface area contributed by atoms with E-state index in [1.54, 1.807) is 6.92 Å². The topological polar surface area (TPSA) is 68.0 Å². The molecule has 0 aliphatic carbocycles. The summed E-state index contributed by atoms with van der Waals surface area (Å²) in [6.07, 6.45) is -4.41. The quantitative estimate of drug-likeness (QED) is 0.918. The summed E-state index contributed by atoms with van der Waals surface area (Å²) in [5.41, 5.74) is -0.0818. The van der Waals surface area contributed by atoms with Gasteiger partial charge in [-0.15, -0.1) is 0 Å². The fraction of sp³-hybridized carbons (Fsp3) is 0.357. The third-order valence-corrected chi connectivity index (χ3v) is 2.88. The van der Waals surface area contributed by atoms with Gasteiger partial charge in [-0.05, 0) is 31.5 Å². The van der Waals surface area contributed by atoms with Crippen molar-refractivity contribution in [3.8, 4) is 0 Å². The second kappa shape index (κ2) is 6.17. The third-order valence-electron chi connectivity index (χ3n) is 2.88. The number of Topliss-reactive ketones (excluding diaryl/α,β-unsaturated/α-hetero) is 1. The molecule has 2 aromatic rings. The smallest absolute Gasteiger partial charge is 0.376 e. The highest BCUT2D eigenvalue weighted by Gasteiger charge is 2.31. The normalized spacial score (nSPS) is 11.5. The Balaban J connectivity index is 2.25. The number of halogens is 3. The first-order valence-corrected chi connectivity index (χ1v) is 6.48. The van der Waals surface area contributed by atoms with E-state index in [1.165, 1.54) is 13.0 Å². The van der Waals surface area contributed by atoms with Crippen LogP contribution in [0.15, 0.2) is 22.7 Å². The molecule has 0 saturated heterocycles. The maximum Gasteiger partial charge on any atom is 0.416 e. The first-order valence-electron chi connectivity index (χ1n) is 6.48. The van der Waals surface area contributed by atoms with Crippen LogP contribution in [-0.4, -0.2) is 15.9 Å². The van der Waals surface area contributed by atoms with Gasteiger partial charge in [-0.3, -0.25) is 4.79 Å². The van der Waals surface area contributed by atoms with Crippen molar-refractivity contribution in [2.75, 3.05) is 5.32 Å². The summed E-state index contributed by atoms with van der Waals surface area (Å²) in [5.74, 6) is 0.546. The van der Waals surface area contributed by atoms with Gasteiger partial charge in [0.15, 0.2) is 5.82 Å². The molecule has 0 amide bonds. The van der Waals surface area contributed by atoms with Crippen LogP contribution in [0.5, 0.6) is 0 Å². The molecule has 22 heavy (non-hydrogen) atoms. The molecule has 5 nitrogen and oxygen atoms in total. The van der Waals surface area contributed by atoms with E-state index in [0.29, 0.717) is 11.4 Å². The van der Waals surface area contributed by atoms with Crippen molar-refractivity contribution in [1.82, 2.24) is 10.1 Å². The van der Waals surface area contributed by atoms with Gasteiger partial charge in [-0.2, -0.15) is 18.2 Å². The number of hydrogen-bond acceptors (Lipinski definition) is 5. The largest absolute Gasteiger partial charge is 0.416 e. The number of rotatable bonds is 5. The summed E-state index contributed by atoms with van der Waals surface area (Å²) >= 11 is 0. The Morgan fingerprint density at radius 1 is 1.36 bits per heavy atom. The zero-order valence-corrected chi connectivity index (χ0v) is 12.0. The van der Waals surface area contributed by atoms with E-state index >= 15 is 0 Å². The number of carbonyl (C=O) groups excluding carboxylic acids is 1. The first-order chi connectivity index (χ1) is 10.3. The average Bonchev–Trinajstić information content (AvgIpc) is 2.81. The molecular weight excluding hydrogens is 299 g/mol. The van der Waals surface area contributed by atoms with E-state index in [9.17, 15) is 18.0 Å². The Kier molecular flexibility index (Phi) is 4.48. The van der Waals surface area contributed by atoms with Crippen LogP contribution in [0.3, 0.4) is 0 Å². The van der Waals surface area contributed by atoms with E-state index in [1.807, 2.05) is 0 Å². The first kappa shape index (κ1) is 16.0. The van der Waals surface area contributed by atoms with Gasteiger partial charge in [0.05, 0.1) is 12.1 Å². The molecule has 0 aliphatic rings. The van der Waals surface area contributed by atoms with Gasteiger partial charge in [0.1, 0.15) is 5.78 Å². The summed E-state index contributed by atoms with van der Waals surface area (Å²) in [6.45, 7) is 3.09. The lowest BCUT2D eigenvalue weighted by molar-refractivity contribution is -0.137. The lowest BCUT2D eigenvalue weighted by atomic mass is 10.0. The van der Waals surface area contributed by atoms with Crippen molar-refractivity contribution in [1.29, 1.82) is 0 Å². The summed E-state index contributed by atoms with van der Waals surface area (Å²) in [7, 11) is 0. The highest BCUT2D eigenvalue weighted by atomic mass is 19.4. The number of alkyl halides is 3. The molecule has 0 aliphatic heterocycles. The van der Waals surface area contributed by atoms with Crippen molar-refractivity contribution in [2.45, 2.75) is 33.0 Å². The average molecular weight is 313 g/mol. The molecule has 0 saturated carbocycles. The van der Waals surface area contributed by atoms with E-state index < -0.39 is 11.7 Å². The zero-order valence-electron chi connectivity index (χ0n) is 12.0. The number of anilines is 1. The number of nitrogens with one attached hydrogen (secondary N) is 1. The van der Waals surface area contributed by atoms with Gasteiger partial charge in [0, 0.05) is 12.1 Å². The van der Waals surface area contributed by atoms with Crippen molar-refractivity contribution in [3.05, 3.63) is 41.0 Å². The Labute approximate surface area is 124 Å². The van der Waals surface area contributed by atoms with Crippen LogP contribution in [0.1, 0.15) is 29.8 Å². The standard InChI is InChI=1S/C14H14F3N3O2/c1-8(21)5-10-3-4-11(14(15,16)17)6-12(10)18-7-13-19-9(2)20-22-13/h3-4,6,18H,5,7H2,1-2H3. The zero-order chi connectivity index (χ0) is 16.3. The lowest BCUT2D eigenvalue weighted by Gasteiger charge is -2.14. The Morgan fingerprint density at radius 3 is 2.64 bits per heavy atom. The molecule has 0 spiro atoms. The molecular formula is C14H14F3N3O2. The van der Waals surface area contributed by atoms with Crippen molar-refractivity contribution >= 4 is 11.5 Å². The van der Waals surface area contributed by atoms with Gasteiger partial charge < -0.3 is 9.84 Å². The SMILES string of the molecule is CC(=O)Cc1ccc(C(F)(F)F)cc1NCc1nc(C)no1. The number of aromatic nitrogens is 2. The minimum absolute atomic E-state index is 0.0450. The number of hydrogen-bond donors (Lipinski definition) is 1. The number of carbonyl (C=O) groups is 1. The summed E-state index contributed by atoms with van der Waals surface area (Å²) in [6, 6.07) is 3.23. The second-order valence-corrected chi connectivity index (χ2v) is 4.84. The summed E-state index contributed by atoms with van der Waals surface area (Å²) < 4.78 is 43.3. The van der Waals surface area contributed by atoms with E-state index in [0.717, 1.165) is 12.1 Å². The molecule has 0 bridgehead atoms. The molecule has 1 aromatic carbocycles. The highest BCUT2D eigenvalue weighted by Crippen LogP contribution is 2.32. The number of aryl methyl sites for hydroxylation is 1. The van der Waals surface area contributed by atoms with Crippen LogP contribution in [0, 0.1) is 6.92 Å². The predicted molar refractivity (Wildman–Crippen MR) is 72.2 cm³/mol. The molecule has 2 rings (SSSR count). The van der Waals surface area contributed by atoms with Crippen molar-refractivity contribution in [3.63, 3.8) is 0 Å². The fourth-order valence-electron chi connectivity index (χ4n) is 1.92. The Hall–Kier alpha value is -2.38. The Morgan fingerprint density at radius 2 is 2.09 bits per heavy atom. The maximum absolute atomic E-state index is 12.8. The van der Waals surface area contributed by atoms with Crippen LogP contribution in [-0.2, 0) is 23.9 Å². The van der Waals surface area contributed by atoms with Gasteiger partial charge in [0.2, 0.25) is 5.89 Å². The summed E-state index contributed by atoms with van der Waals surface area (Å²) in [4.78, 5) is 15.2. The van der Waals surface area contributed by atoms with Crippen LogP contribution in [0.4, 0.5) is 18.9 Å². The number of benzene rings is 1. The van der Waals surface area contributed by atoms with E-state index in [4.69, 9.17) is 4.52 Å². The third kappa shape index (κ3) is 4.06.